The Morgan fingerprint density at radius 2 is 2.05 bits per heavy atom. The van der Waals surface area contributed by atoms with Gasteiger partial charge in [-0.2, -0.15) is 0 Å². The third-order valence-electron chi connectivity index (χ3n) is 7.54. The van der Waals surface area contributed by atoms with E-state index in [0.29, 0.717) is 49.9 Å². The number of H-pyrrole nitrogens is 1. The summed E-state index contributed by atoms with van der Waals surface area (Å²) in [4.78, 5) is 33.4. The van der Waals surface area contributed by atoms with Crippen molar-refractivity contribution >= 4 is 16.8 Å². The summed E-state index contributed by atoms with van der Waals surface area (Å²) in [6, 6.07) is 11.0. The van der Waals surface area contributed by atoms with Crippen LogP contribution in [0.15, 0.2) is 51.9 Å². The Labute approximate surface area is 219 Å². The van der Waals surface area contributed by atoms with Crippen molar-refractivity contribution in [2.75, 3.05) is 32.8 Å². The topological polar surface area (TPSA) is 122 Å². The van der Waals surface area contributed by atoms with Crippen molar-refractivity contribution in [3.05, 3.63) is 75.7 Å². The van der Waals surface area contributed by atoms with Crippen molar-refractivity contribution in [3.63, 3.8) is 0 Å². The SMILES string of the molecule is CCc1ccc2[nH]c(=O)c(C(c3nnnn3CC3CCCO3)N3CCN(C(=O)c4ccco4)CC3)cc2c1. The zero-order chi connectivity index (χ0) is 26.1. The Kier molecular flexibility index (Phi) is 6.77. The number of aromatic amines is 1. The monoisotopic (exact) mass is 517 g/mol. The third-order valence-corrected chi connectivity index (χ3v) is 7.54. The van der Waals surface area contributed by atoms with Crippen LogP contribution in [0.3, 0.4) is 0 Å². The molecule has 2 saturated heterocycles. The summed E-state index contributed by atoms with van der Waals surface area (Å²) in [6.07, 6.45) is 4.42. The fourth-order valence-electron chi connectivity index (χ4n) is 5.45. The number of furan rings is 1. The summed E-state index contributed by atoms with van der Waals surface area (Å²) in [5, 5.41) is 13.7. The van der Waals surface area contributed by atoms with Crippen LogP contribution >= 0.6 is 0 Å². The quantitative estimate of drug-likeness (QED) is 0.397. The van der Waals surface area contributed by atoms with Gasteiger partial charge in [0.2, 0.25) is 0 Å². The van der Waals surface area contributed by atoms with Gasteiger partial charge in [0.05, 0.1) is 18.9 Å². The first-order valence-electron chi connectivity index (χ1n) is 13.2. The minimum Gasteiger partial charge on any atom is -0.459 e. The van der Waals surface area contributed by atoms with Crippen LogP contribution in [0.25, 0.3) is 10.9 Å². The molecule has 0 bridgehead atoms. The number of nitrogens with one attached hydrogen (secondary N) is 1. The van der Waals surface area contributed by atoms with Gasteiger partial charge in [-0.1, -0.05) is 13.0 Å². The number of carbonyl (C=O) groups is 1. The number of tetrazole rings is 1. The Hall–Kier alpha value is -3.83. The highest BCUT2D eigenvalue weighted by Gasteiger charge is 2.34. The first-order chi connectivity index (χ1) is 18.6. The summed E-state index contributed by atoms with van der Waals surface area (Å²) >= 11 is 0. The van der Waals surface area contributed by atoms with Crippen molar-refractivity contribution < 1.29 is 13.9 Å². The molecular formula is C27H31N7O4. The van der Waals surface area contributed by atoms with E-state index in [0.717, 1.165) is 36.8 Å². The Morgan fingerprint density at radius 3 is 2.79 bits per heavy atom. The molecule has 0 saturated carbocycles. The number of carbonyl (C=O) groups excluding carboxylic acids is 1. The predicted octanol–water partition coefficient (Wildman–Crippen LogP) is 2.40. The van der Waals surface area contributed by atoms with Gasteiger partial charge in [-0.15, -0.1) is 5.10 Å². The maximum Gasteiger partial charge on any atom is 0.289 e. The average Bonchev–Trinajstić information content (AvgIpc) is 3.74. The number of hydrogen-bond acceptors (Lipinski definition) is 8. The number of benzene rings is 1. The van der Waals surface area contributed by atoms with E-state index in [1.165, 1.54) is 11.8 Å². The van der Waals surface area contributed by atoms with Gasteiger partial charge in [0.25, 0.3) is 11.5 Å². The van der Waals surface area contributed by atoms with Crippen LogP contribution < -0.4 is 5.56 Å². The molecule has 11 nitrogen and oxygen atoms in total. The summed E-state index contributed by atoms with van der Waals surface area (Å²) in [7, 11) is 0. The van der Waals surface area contributed by atoms with Crippen LogP contribution in [0, 0.1) is 0 Å². The molecule has 2 aliphatic heterocycles. The van der Waals surface area contributed by atoms with Gasteiger partial charge in [-0.25, -0.2) is 4.68 Å². The van der Waals surface area contributed by atoms with E-state index in [4.69, 9.17) is 9.15 Å². The molecule has 3 aromatic heterocycles. The highest BCUT2D eigenvalue weighted by molar-refractivity contribution is 5.91. The van der Waals surface area contributed by atoms with E-state index in [-0.39, 0.29) is 17.6 Å². The molecule has 1 N–H and O–H groups in total. The van der Waals surface area contributed by atoms with Crippen molar-refractivity contribution in [2.45, 2.75) is 44.9 Å². The minimum absolute atomic E-state index is 0.0441. The molecule has 38 heavy (non-hydrogen) atoms. The van der Waals surface area contributed by atoms with Crippen LogP contribution in [0.1, 0.15) is 53.3 Å². The number of rotatable bonds is 7. The fourth-order valence-corrected chi connectivity index (χ4v) is 5.45. The lowest BCUT2D eigenvalue weighted by Gasteiger charge is -2.38. The van der Waals surface area contributed by atoms with Gasteiger partial charge >= 0.3 is 0 Å². The van der Waals surface area contributed by atoms with Crippen LogP contribution in [-0.2, 0) is 17.7 Å². The van der Waals surface area contributed by atoms with E-state index in [1.54, 1.807) is 21.7 Å². The molecule has 11 heteroatoms. The zero-order valence-corrected chi connectivity index (χ0v) is 21.4. The molecule has 4 aromatic rings. The van der Waals surface area contributed by atoms with E-state index in [2.05, 4.69) is 38.4 Å². The Balaban J connectivity index is 1.36. The normalized spacial score (nSPS) is 19.3. The number of aryl methyl sites for hydroxylation is 1. The molecule has 0 spiro atoms. The van der Waals surface area contributed by atoms with Gasteiger partial charge < -0.3 is 19.0 Å². The summed E-state index contributed by atoms with van der Waals surface area (Å²) in [5.41, 5.74) is 2.40. The number of nitrogens with zero attached hydrogens (tertiary/aromatic N) is 6. The number of hydrogen-bond donors (Lipinski definition) is 1. The summed E-state index contributed by atoms with van der Waals surface area (Å²) in [5.74, 6) is 0.793. The van der Waals surface area contributed by atoms with Gasteiger partial charge in [-0.3, -0.25) is 14.5 Å². The molecule has 1 amide bonds. The first-order valence-corrected chi connectivity index (χ1v) is 13.2. The highest BCUT2D eigenvalue weighted by atomic mass is 16.5. The molecule has 2 fully saturated rings. The third kappa shape index (κ3) is 4.74. The van der Waals surface area contributed by atoms with Gasteiger partial charge in [-0.05, 0) is 71.0 Å². The van der Waals surface area contributed by atoms with Crippen molar-refractivity contribution in [1.29, 1.82) is 0 Å². The van der Waals surface area contributed by atoms with E-state index in [9.17, 15) is 9.59 Å². The van der Waals surface area contributed by atoms with E-state index >= 15 is 0 Å². The number of fused-ring (bicyclic) bond motifs is 1. The number of piperazine rings is 1. The second-order valence-electron chi connectivity index (χ2n) is 9.89. The van der Waals surface area contributed by atoms with Crippen molar-refractivity contribution in [3.8, 4) is 0 Å². The summed E-state index contributed by atoms with van der Waals surface area (Å²) in [6.45, 7) is 5.47. The van der Waals surface area contributed by atoms with Crippen LogP contribution in [0.5, 0.6) is 0 Å². The standard InChI is InChI=1S/C27H31N7O4/c1-2-18-7-8-22-19(15-18)16-21(26(35)28-22)24(25-29-30-31-34(25)17-20-5-3-13-37-20)32-9-11-33(12-10-32)27(36)23-6-4-14-38-23/h4,6-8,14-16,20,24H,2-3,5,9-13,17H2,1H3,(H,28,35). The van der Waals surface area contributed by atoms with Crippen molar-refractivity contribution in [2.24, 2.45) is 0 Å². The second-order valence-corrected chi connectivity index (χ2v) is 9.89. The fraction of sp³-hybridized carbons (Fsp3) is 0.444. The second kappa shape index (κ2) is 10.5. The van der Waals surface area contributed by atoms with Crippen LogP contribution in [0.4, 0.5) is 0 Å². The molecule has 1 aromatic carbocycles. The smallest absolute Gasteiger partial charge is 0.289 e. The lowest BCUT2D eigenvalue weighted by molar-refractivity contribution is 0.0550. The predicted molar refractivity (Wildman–Crippen MR) is 139 cm³/mol. The molecule has 198 valence electrons. The number of pyridine rings is 1. The van der Waals surface area contributed by atoms with Crippen LogP contribution in [-0.4, -0.2) is 79.8 Å². The van der Waals surface area contributed by atoms with E-state index in [1.807, 2.05) is 18.2 Å². The van der Waals surface area contributed by atoms with Gasteiger partial charge in [0, 0.05) is 43.9 Å². The highest BCUT2D eigenvalue weighted by Crippen LogP contribution is 2.29. The molecule has 0 aliphatic carbocycles. The average molecular weight is 518 g/mol. The molecular weight excluding hydrogens is 486 g/mol. The zero-order valence-electron chi connectivity index (χ0n) is 21.4. The molecule has 0 radical (unpaired) electrons. The maximum absolute atomic E-state index is 13.5. The molecule has 5 heterocycles. The molecule has 2 atom stereocenters. The largest absolute Gasteiger partial charge is 0.459 e. The number of amides is 1. The lowest BCUT2D eigenvalue weighted by Crippen LogP contribution is -2.50. The maximum atomic E-state index is 13.5. The lowest BCUT2D eigenvalue weighted by atomic mass is 10.0. The van der Waals surface area contributed by atoms with Crippen molar-refractivity contribution in [1.82, 2.24) is 35.0 Å². The number of aromatic nitrogens is 5. The summed E-state index contributed by atoms with van der Waals surface area (Å²) < 4.78 is 12.9. The van der Waals surface area contributed by atoms with Gasteiger partial charge in [0.1, 0.15) is 6.04 Å². The number of ether oxygens (including phenoxy) is 1. The minimum atomic E-state index is -0.481. The van der Waals surface area contributed by atoms with Crippen LogP contribution in [0.2, 0.25) is 0 Å². The Bertz CT molecular complexity index is 1460. The molecule has 2 aliphatic rings. The molecule has 2 unspecified atom stereocenters. The first kappa shape index (κ1) is 24.5. The Morgan fingerprint density at radius 1 is 1.18 bits per heavy atom. The molecule has 6 rings (SSSR count). The van der Waals surface area contributed by atoms with Gasteiger partial charge in [0.15, 0.2) is 11.6 Å². The van der Waals surface area contributed by atoms with E-state index < -0.39 is 6.04 Å².